The Morgan fingerprint density at radius 2 is 2.14 bits per heavy atom. The molecule has 78 valence electrons. The van der Waals surface area contributed by atoms with Gasteiger partial charge in [0.2, 0.25) is 0 Å². The molecule has 0 aliphatic heterocycles. The molecule has 1 nitrogen and oxygen atoms in total. The van der Waals surface area contributed by atoms with Crippen LogP contribution in [0.2, 0.25) is 0 Å². The van der Waals surface area contributed by atoms with Crippen LogP contribution < -0.4 is 0 Å². The lowest BCUT2D eigenvalue weighted by molar-refractivity contribution is 0.468. The van der Waals surface area contributed by atoms with Gasteiger partial charge in [0.15, 0.2) is 0 Å². The van der Waals surface area contributed by atoms with E-state index in [1.54, 1.807) is 11.3 Å². The molecule has 1 heteroatoms. The molecule has 0 N–H and O–H groups in total. The summed E-state index contributed by atoms with van der Waals surface area (Å²) in [6.45, 7) is 9.17. The highest BCUT2D eigenvalue weighted by atomic mass is 15.0. The predicted octanol–water partition coefficient (Wildman–Crippen LogP) is 3.50. The molecule has 0 radical (unpaired) electrons. The first-order valence-corrected chi connectivity index (χ1v) is 5.79. The number of aryl methyl sites for hydroxylation is 1. The van der Waals surface area contributed by atoms with Crippen molar-refractivity contribution in [3.05, 3.63) is 23.0 Å². The van der Waals surface area contributed by atoms with Gasteiger partial charge in [0, 0.05) is 17.4 Å². The minimum atomic E-state index is 0.618. The molecule has 0 fully saturated rings. The average molecular weight is 191 g/mol. The third-order valence-corrected chi connectivity index (χ3v) is 3.38. The maximum Gasteiger partial charge on any atom is 0.0279 e. The molecule has 2 rings (SSSR count). The van der Waals surface area contributed by atoms with Crippen molar-refractivity contribution in [1.29, 1.82) is 0 Å². The monoisotopic (exact) mass is 191 g/mol. The van der Waals surface area contributed by atoms with Crippen molar-refractivity contribution < 1.29 is 0 Å². The number of aromatic nitrogens is 1. The Morgan fingerprint density at radius 3 is 2.79 bits per heavy atom. The smallest absolute Gasteiger partial charge is 0.0279 e. The number of rotatable bonds is 1. The summed E-state index contributed by atoms with van der Waals surface area (Å²) in [5.41, 5.74) is 4.66. The standard InChI is InChI=1S/C13H21N/c1-9(2)14-11(4)8-12-7-10(3)5-6-13(12)14/h8-10H,5-7H2,1-4H3. The van der Waals surface area contributed by atoms with Gasteiger partial charge in [-0.2, -0.15) is 0 Å². The van der Waals surface area contributed by atoms with Crippen molar-refractivity contribution in [2.45, 2.75) is 53.0 Å². The zero-order valence-corrected chi connectivity index (χ0v) is 9.80. The summed E-state index contributed by atoms with van der Waals surface area (Å²) in [5, 5.41) is 0. The molecular formula is C13H21N. The summed E-state index contributed by atoms with van der Waals surface area (Å²) in [6, 6.07) is 3.01. The molecule has 0 amide bonds. The molecule has 0 saturated heterocycles. The van der Waals surface area contributed by atoms with Crippen molar-refractivity contribution in [3.63, 3.8) is 0 Å². The molecule has 1 unspecified atom stereocenters. The number of hydrogen-bond acceptors (Lipinski definition) is 0. The summed E-state index contributed by atoms with van der Waals surface area (Å²) in [7, 11) is 0. The molecule has 1 aliphatic rings. The van der Waals surface area contributed by atoms with Crippen molar-refractivity contribution in [3.8, 4) is 0 Å². The summed E-state index contributed by atoms with van der Waals surface area (Å²) < 4.78 is 2.52. The van der Waals surface area contributed by atoms with Crippen molar-refractivity contribution in [1.82, 2.24) is 4.57 Å². The number of fused-ring (bicyclic) bond motifs is 1. The largest absolute Gasteiger partial charge is 0.346 e. The van der Waals surface area contributed by atoms with E-state index in [2.05, 4.69) is 38.3 Å². The molecule has 1 aromatic heterocycles. The van der Waals surface area contributed by atoms with E-state index in [0.717, 1.165) is 5.92 Å². The summed E-state index contributed by atoms with van der Waals surface area (Å²) >= 11 is 0. The highest BCUT2D eigenvalue weighted by Crippen LogP contribution is 2.30. The molecular weight excluding hydrogens is 170 g/mol. The maximum atomic E-state index is 2.52. The first kappa shape index (κ1) is 9.82. The van der Waals surface area contributed by atoms with E-state index < -0.39 is 0 Å². The van der Waals surface area contributed by atoms with Crippen LogP contribution in [0.3, 0.4) is 0 Å². The van der Waals surface area contributed by atoms with Crippen LogP contribution in [-0.4, -0.2) is 4.57 Å². The average Bonchev–Trinajstić information content (AvgIpc) is 2.39. The summed E-state index contributed by atoms with van der Waals surface area (Å²) in [6.07, 6.45) is 3.93. The molecule has 0 saturated carbocycles. The van der Waals surface area contributed by atoms with Crippen LogP contribution in [0.15, 0.2) is 6.07 Å². The van der Waals surface area contributed by atoms with Gasteiger partial charge < -0.3 is 4.57 Å². The van der Waals surface area contributed by atoms with Crippen molar-refractivity contribution >= 4 is 0 Å². The first-order valence-electron chi connectivity index (χ1n) is 5.79. The summed E-state index contributed by atoms with van der Waals surface area (Å²) in [5.74, 6) is 0.880. The number of nitrogens with zero attached hydrogens (tertiary/aromatic N) is 1. The fourth-order valence-electron chi connectivity index (χ4n) is 2.81. The molecule has 14 heavy (non-hydrogen) atoms. The second-order valence-electron chi connectivity index (χ2n) is 5.07. The second-order valence-corrected chi connectivity index (χ2v) is 5.07. The van der Waals surface area contributed by atoms with Gasteiger partial charge in [-0.05, 0) is 57.6 Å². The normalized spacial score (nSPS) is 21.4. The summed E-state index contributed by atoms with van der Waals surface area (Å²) in [4.78, 5) is 0. The Kier molecular flexibility index (Phi) is 2.42. The van der Waals surface area contributed by atoms with E-state index in [9.17, 15) is 0 Å². The van der Waals surface area contributed by atoms with E-state index in [1.807, 2.05) is 0 Å². The molecule has 1 heterocycles. The molecule has 1 atom stereocenters. The predicted molar refractivity (Wildman–Crippen MR) is 60.7 cm³/mol. The molecule has 0 aromatic carbocycles. The quantitative estimate of drug-likeness (QED) is 0.640. The third kappa shape index (κ3) is 1.49. The Balaban J connectivity index is 2.43. The molecule has 0 spiro atoms. The van der Waals surface area contributed by atoms with E-state index in [0.29, 0.717) is 6.04 Å². The Hall–Kier alpha value is -0.720. The minimum absolute atomic E-state index is 0.618. The van der Waals surface area contributed by atoms with Gasteiger partial charge in [-0.3, -0.25) is 0 Å². The van der Waals surface area contributed by atoms with Crippen LogP contribution in [0, 0.1) is 12.8 Å². The van der Waals surface area contributed by atoms with Crippen LogP contribution in [0.4, 0.5) is 0 Å². The van der Waals surface area contributed by atoms with Gasteiger partial charge >= 0.3 is 0 Å². The fourth-order valence-corrected chi connectivity index (χ4v) is 2.81. The van der Waals surface area contributed by atoms with E-state index in [1.165, 1.54) is 25.0 Å². The first-order chi connectivity index (χ1) is 6.59. The maximum absolute atomic E-state index is 2.52. The van der Waals surface area contributed by atoms with Gasteiger partial charge in [0.05, 0.1) is 0 Å². The molecule has 1 aliphatic carbocycles. The highest BCUT2D eigenvalue weighted by molar-refractivity contribution is 5.30. The van der Waals surface area contributed by atoms with Gasteiger partial charge in [-0.15, -0.1) is 0 Å². The minimum Gasteiger partial charge on any atom is -0.346 e. The van der Waals surface area contributed by atoms with Gasteiger partial charge in [0.25, 0.3) is 0 Å². The van der Waals surface area contributed by atoms with Crippen LogP contribution in [-0.2, 0) is 12.8 Å². The SMILES string of the molecule is Cc1cc2c(n1C(C)C)CCC(C)C2. The van der Waals surface area contributed by atoms with Gasteiger partial charge in [-0.1, -0.05) is 6.92 Å². The van der Waals surface area contributed by atoms with Crippen LogP contribution >= 0.6 is 0 Å². The zero-order valence-electron chi connectivity index (χ0n) is 9.80. The van der Waals surface area contributed by atoms with E-state index in [-0.39, 0.29) is 0 Å². The second kappa shape index (κ2) is 3.45. The third-order valence-electron chi connectivity index (χ3n) is 3.38. The fraction of sp³-hybridized carbons (Fsp3) is 0.692. The lowest BCUT2D eigenvalue weighted by Gasteiger charge is -2.22. The molecule has 0 bridgehead atoms. The van der Waals surface area contributed by atoms with E-state index >= 15 is 0 Å². The Morgan fingerprint density at radius 1 is 1.43 bits per heavy atom. The van der Waals surface area contributed by atoms with Crippen molar-refractivity contribution in [2.75, 3.05) is 0 Å². The van der Waals surface area contributed by atoms with Gasteiger partial charge in [0.1, 0.15) is 0 Å². The van der Waals surface area contributed by atoms with E-state index in [4.69, 9.17) is 0 Å². The van der Waals surface area contributed by atoms with Crippen LogP contribution in [0.25, 0.3) is 0 Å². The van der Waals surface area contributed by atoms with Crippen molar-refractivity contribution in [2.24, 2.45) is 5.92 Å². The molecule has 1 aromatic rings. The van der Waals surface area contributed by atoms with Crippen LogP contribution in [0.1, 0.15) is 50.2 Å². The number of hydrogen-bond donors (Lipinski definition) is 0. The Bertz CT molecular complexity index is 333. The van der Waals surface area contributed by atoms with Gasteiger partial charge in [-0.25, -0.2) is 0 Å². The lowest BCUT2D eigenvalue weighted by atomic mass is 9.89. The highest BCUT2D eigenvalue weighted by Gasteiger charge is 2.21. The van der Waals surface area contributed by atoms with Crippen LogP contribution in [0.5, 0.6) is 0 Å². The topological polar surface area (TPSA) is 4.93 Å². The Labute approximate surface area is 87.1 Å². The lowest BCUT2D eigenvalue weighted by Crippen LogP contribution is -2.15. The zero-order chi connectivity index (χ0) is 10.3.